The topological polar surface area (TPSA) is 24.1 Å². The lowest BCUT2D eigenvalue weighted by Crippen LogP contribution is -2.59. The van der Waals surface area contributed by atoms with Gasteiger partial charge in [-0.2, -0.15) is 11.8 Å². The van der Waals surface area contributed by atoms with E-state index < -0.39 is 0 Å². The van der Waals surface area contributed by atoms with Crippen LogP contribution in [-0.2, 0) is 0 Å². The Balaban J connectivity index is 1.83. The van der Waals surface area contributed by atoms with Crippen molar-refractivity contribution >= 4 is 11.8 Å². The zero-order valence-electron chi connectivity index (χ0n) is 6.10. The molecule has 0 amide bonds. The molecule has 2 aliphatic heterocycles. The van der Waals surface area contributed by atoms with Crippen molar-refractivity contribution in [2.24, 2.45) is 5.92 Å². The number of nitrogens with one attached hydrogen (secondary N) is 2. The minimum Gasteiger partial charge on any atom is -0.314 e. The van der Waals surface area contributed by atoms with Gasteiger partial charge in [-0.05, 0) is 11.7 Å². The third-order valence-corrected chi connectivity index (χ3v) is 3.49. The molecule has 2 aliphatic rings. The minimum atomic E-state index is 0.785. The number of hydrogen-bond donors (Lipinski definition) is 2. The third-order valence-electron chi connectivity index (χ3n) is 2.33. The number of rotatable bonds is 0. The molecule has 3 heteroatoms. The van der Waals surface area contributed by atoms with E-state index in [1.165, 1.54) is 31.1 Å². The zero-order valence-corrected chi connectivity index (χ0v) is 6.91. The fourth-order valence-electron chi connectivity index (χ4n) is 1.50. The molecule has 2 heterocycles. The summed E-state index contributed by atoms with van der Waals surface area (Å²) in [5.41, 5.74) is 0. The SMILES string of the molecule is C1CSCC2CNC2CN1. The van der Waals surface area contributed by atoms with Crippen LogP contribution in [0, 0.1) is 5.92 Å². The summed E-state index contributed by atoms with van der Waals surface area (Å²) in [6.45, 7) is 3.63. The molecular formula is C7H14N2S. The van der Waals surface area contributed by atoms with Gasteiger partial charge in [0.25, 0.3) is 0 Å². The molecule has 2 N–H and O–H groups in total. The van der Waals surface area contributed by atoms with Crippen LogP contribution < -0.4 is 10.6 Å². The quantitative estimate of drug-likeness (QED) is 0.515. The lowest BCUT2D eigenvalue weighted by molar-refractivity contribution is 0.250. The Morgan fingerprint density at radius 2 is 2.30 bits per heavy atom. The van der Waals surface area contributed by atoms with Crippen LogP contribution in [0.4, 0.5) is 0 Å². The van der Waals surface area contributed by atoms with Crippen molar-refractivity contribution in [3.05, 3.63) is 0 Å². The molecule has 0 aromatic carbocycles. The van der Waals surface area contributed by atoms with E-state index in [9.17, 15) is 0 Å². The van der Waals surface area contributed by atoms with E-state index in [1.807, 2.05) is 0 Å². The maximum absolute atomic E-state index is 3.44. The normalized spacial score (nSPS) is 40.8. The Bertz CT molecular complexity index is 104. The highest BCUT2D eigenvalue weighted by atomic mass is 32.2. The zero-order chi connectivity index (χ0) is 6.81. The van der Waals surface area contributed by atoms with Gasteiger partial charge in [0.05, 0.1) is 0 Å². The predicted molar refractivity (Wildman–Crippen MR) is 45.5 cm³/mol. The largest absolute Gasteiger partial charge is 0.314 e. The standard InChI is InChI=1S/C7H14N2S/c1-2-10-5-6-3-9-7(6)4-8-1/h6-9H,1-5H2. The van der Waals surface area contributed by atoms with Crippen molar-refractivity contribution in [2.75, 3.05) is 31.1 Å². The fraction of sp³-hybridized carbons (Fsp3) is 1.00. The smallest absolute Gasteiger partial charge is 0.0240 e. The fourth-order valence-corrected chi connectivity index (χ4v) is 2.61. The van der Waals surface area contributed by atoms with E-state index in [1.54, 1.807) is 0 Å². The van der Waals surface area contributed by atoms with E-state index in [-0.39, 0.29) is 0 Å². The van der Waals surface area contributed by atoms with Gasteiger partial charge in [-0.15, -0.1) is 0 Å². The molecule has 0 aliphatic carbocycles. The molecule has 2 fully saturated rings. The Morgan fingerprint density at radius 3 is 3.10 bits per heavy atom. The summed E-state index contributed by atoms with van der Waals surface area (Å²) in [6.07, 6.45) is 0. The predicted octanol–water partition coefficient (Wildman–Crippen LogP) is -0.0892. The molecule has 0 radical (unpaired) electrons. The van der Waals surface area contributed by atoms with E-state index in [2.05, 4.69) is 22.4 Å². The number of thioether (sulfide) groups is 1. The maximum atomic E-state index is 3.44. The van der Waals surface area contributed by atoms with Gasteiger partial charge in [0.1, 0.15) is 0 Å². The second kappa shape index (κ2) is 3.11. The molecule has 0 bridgehead atoms. The van der Waals surface area contributed by atoms with Gasteiger partial charge >= 0.3 is 0 Å². The van der Waals surface area contributed by atoms with Crippen LogP contribution in [0.15, 0.2) is 0 Å². The molecular weight excluding hydrogens is 144 g/mol. The third kappa shape index (κ3) is 1.31. The van der Waals surface area contributed by atoms with Gasteiger partial charge in [0.2, 0.25) is 0 Å². The molecule has 2 unspecified atom stereocenters. The molecule has 0 saturated carbocycles. The summed E-state index contributed by atoms with van der Waals surface area (Å²) in [5, 5.41) is 6.87. The first kappa shape index (κ1) is 6.95. The number of hydrogen-bond acceptors (Lipinski definition) is 3. The van der Waals surface area contributed by atoms with Crippen molar-refractivity contribution < 1.29 is 0 Å². The molecule has 2 atom stereocenters. The number of fused-ring (bicyclic) bond motifs is 1. The van der Waals surface area contributed by atoms with E-state index in [0.717, 1.165) is 12.0 Å². The van der Waals surface area contributed by atoms with E-state index in [0.29, 0.717) is 0 Å². The average Bonchev–Trinajstić information content (AvgIpc) is 1.89. The first-order valence-electron chi connectivity index (χ1n) is 3.98. The average molecular weight is 158 g/mol. The van der Waals surface area contributed by atoms with Crippen LogP contribution in [0.5, 0.6) is 0 Å². The summed E-state index contributed by atoms with van der Waals surface area (Å²) < 4.78 is 0. The molecule has 2 nitrogen and oxygen atoms in total. The van der Waals surface area contributed by atoms with E-state index >= 15 is 0 Å². The van der Waals surface area contributed by atoms with E-state index in [4.69, 9.17) is 0 Å². The van der Waals surface area contributed by atoms with Gasteiger partial charge in [-0.25, -0.2) is 0 Å². The molecule has 2 rings (SSSR count). The summed E-state index contributed by atoms with van der Waals surface area (Å²) in [6, 6.07) is 0.785. The van der Waals surface area contributed by atoms with Gasteiger partial charge < -0.3 is 10.6 Å². The lowest BCUT2D eigenvalue weighted by Gasteiger charge is -2.39. The molecule has 58 valence electrons. The van der Waals surface area contributed by atoms with Gasteiger partial charge in [0.15, 0.2) is 0 Å². The maximum Gasteiger partial charge on any atom is 0.0240 e. The lowest BCUT2D eigenvalue weighted by atomic mass is 9.93. The summed E-state index contributed by atoms with van der Waals surface area (Å²) in [7, 11) is 0. The van der Waals surface area contributed by atoms with Crippen LogP contribution in [0.1, 0.15) is 0 Å². The highest BCUT2D eigenvalue weighted by Gasteiger charge is 2.29. The Morgan fingerprint density at radius 1 is 1.30 bits per heavy atom. The Labute approximate surface area is 66.1 Å². The Kier molecular flexibility index (Phi) is 2.16. The Hall–Kier alpha value is 0.270. The van der Waals surface area contributed by atoms with Crippen LogP contribution in [0.25, 0.3) is 0 Å². The summed E-state index contributed by atoms with van der Waals surface area (Å²) in [4.78, 5) is 0. The first-order chi connectivity index (χ1) is 4.97. The second-order valence-corrected chi connectivity index (χ2v) is 4.20. The van der Waals surface area contributed by atoms with Crippen LogP contribution >= 0.6 is 11.8 Å². The molecule has 0 aromatic rings. The summed E-state index contributed by atoms with van der Waals surface area (Å²) in [5.74, 6) is 3.63. The minimum absolute atomic E-state index is 0.785. The van der Waals surface area contributed by atoms with Crippen LogP contribution in [-0.4, -0.2) is 37.2 Å². The van der Waals surface area contributed by atoms with Gasteiger partial charge in [0, 0.05) is 31.4 Å². The van der Waals surface area contributed by atoms with Crippen molar-refractivity contribution in [2.45, 2.75) is 6.04 Å². The highest BCUT2D eigenvalue weighted by Crippen LogP contribution is 2.19. The van der Waals surface area contributed by atoms with Crippen LogP contribution in [0.2, 0.25) is 0 Å². The monoisotopic (exact) mass is 158 g/mol. The molecule has 0 spiro atoms. The van der Waals surface area contributed by atoms with Crippen molar-refractivity contribution in [3.8, 4) is 0 Å². The molecule has 10 heavy (non-hydrogen) atoms. The van der Waals surface area contributed by atoms with Crippen LogP contribution in [0.3, 0.4) is 0 Å². The highest BCUT2D eigenvalue weighted by molar-refractivity contribution is 7.99. The van der Waals surface area contributed by atoms with Crippen molar-refractivity contribution in [1.29, 1.82) is 0 Å². The van der Waals surface area contributed by atoms with Crippen molar-refractivity contribution in [1.82, 2.24) is 10.6 Å². The molecule has 2 saturated heterocycles. The van der Waals surface area contributed by atoms with Gasteiger partial charge in [-0.3, -0.25) is 0 Å². The first-order valence-corrected chi connectivity index (χ1v) is 5.14. The van der Waals surface area contributed by atoms with Crippen molar-refractivity contribution in [3.63, 3.8) is 0 Å². The summed E-state index contributed by atoms with van der Waals surface area (Å²) >= 11 is 2.09. The second-order valence-electron chi connectivity index (χ2n) is 3.05. The molecule has 0 aromatic heterocycles. The van der Waals surface area contributed by atoms with Gasteiger partial charge in [-0.1, -0.05) is 0 Å².